The maximum Gasteiger partial charge on any atom is 0.418 e. The van der Waals surface area contributed by atoms with Crippen LogP contribution < -0.4 is 4.90 Å². The predicted octanol–water partition coefficient (Wildman–Crippen LogP) is 2.95. The van der Waals surface area contributed by atoms with Gasteiger partial charge in [0.2, 0.25) is 0 Å². The molecule has 6 nitrogen and oxygen atoms in total. The predicted molar refractivity (Wildman–Crippen MR) is 113 cm³/mol. The Hall–Kier alpha value is -2.93. The molecule has 0 aliphatic carbocycles. The van der Waals surface area contributed by atoms with E-state index in [4.69, 9.17) is 5.11 Å². The third-order valence-corrected chi connectivity index (χ3v) is 5.53. The van der Waals surface area contributed by atoms with Crippen LogP contribution in [0.1, 0.15) is 25.3 Å². The molecule has 32 heavy (non-hydrogen) atoms. The second-order valence-electron chi connectivity index (χ2n) is 7.89. The van der Waals surface area contributed by atoms with Crippen LogP contribution in [0.15, 0.2) is 42.0 Å². The fourth-order valence-corrected chi connectivity index (χ4v) is 3.59. The number of anilines is 1. The van der Waals surface area contributed by atoms with E-state index in [1.165, 1.54) is 24.3 Å². The first-order chi connectivity index (χ1) is 15.1. The van der Waals surface area contributed by atoms with Gasteiger partial charge in [0, 0.05) is 24.7 Å². The molecule has 1 aliphatic rings. The van der Waals surface area contributed by atoms with Gasteiger partial charge in [0.1, 0.15) is 17.7 Å². The van der Waals surface area contributed by atoms with Crippen LogP contribution in [0.5, 0.6) is 0 Å². The van der Waals surface area contributed by atoms with Crippen molar-refractivity contribution in [1.29, 1.82) is 5.26 Å². The molecule has 1 fully saturated rings. The molecule has 0 aromatic heterocycles. The van der Waals surface area contributed by atoms with Gasteiger partial charge in [-0.2, -0.15) is 18.4 Å². The van der Waals surface area contributed by atoms with E-state index < -0.39 is 54.8 Å². The minimum absolute atomic E-state index is 0.307. The molecule has 1 heterocycles. The molecule has 0 radical (unpaired) electrons. The summed E-state index contributed by atoms with van der Waals surface area (Å²) >= 11 is 0. The monoisotopic (exact) mass is 448 g/mol. The number of fused-ring (bicyclic) bond motifs is 1. The molecule has 1 aliphatic heterocycles. The van der Waals surface area contributed by atoms with Gasteiger partial charge in [-0.25, -0.2) is 0 Å². The fraction of sp³-hybridized carbons (Fsp3) is 0.391. The van der Waals surface area contributed by atoms with Crippen molar-refractivity contribution in [1.82, 2.24) is 0 Å². The van der Waals surface area contributed by atoms with E-state index in [2.05, 4.69) is 11.8 Å². The highest BCUT2D eigenvalue weighted by Gasteiger charge is 2.39. The molecule has 9 heteroatoms. The molecule has 3 atom stereocenters. The third kappa shape index (κ3) is 5.10. The second kappa shape index (κ2) is 9.28. The van der Waals surface area contributed by atoms with Crippen LogP contribution in [-0.2, 0) is 4.79 Å². The van der Waals surface area contributed by atoms with Crippen LogP contribution in [0.25, 0.3) is 16.3 Å². The van der Waals surface area contributed by atoms with Crippen molar-refractivity contribution in [2.24, 2.45) is 0 Å². The Morgan fingerprint density at radius 1 is 1.19 bits per heavy atom. The van der Waals surface area contributed by atoms with Crippen LogP contribution in [0.4, 0.5) is 18.9 Å². The van der Waals surface area contributed by atoms with Crippen molar-refractivity contribution >= 4 is 27.8 Å². The summed E-state index contributed by atoms with van der Waals surface area (Å²) in [6.07, 6.45) is -8.98. The van der Waals surface area contributed by atoms with Gasteiger partial charge in [0.05, 0.1) is 18.3 Å². The number of hydrogen-bond acceptors (Lipinski definition) is 6. The molecule has 3 unspecified atom stereocenters. The van der Waals surface area contributed by atoms with Crippen LogP contribution in [0.2, 0.25) is 0 Å². The van der Waals surface area contributed by atoms with E-state index in [0.717, 1.165) is 17.6 Å². The summed E-state index contributed by atoms with van der Waals surface area (Å²) in [5.41, 5.74) is -1.73. The molecular weight excluding hydrogens is 425 g/mol. The number of benzene rings is 2. The molecule has 3 N–H and O–H groups in total. The minimum Gasteiger partial charge on any atom is -0.394 e. The molecule has 3 rings (SSSR count). The van der Waals surface area contributed by atoms with Gasteiger partial charge in [0.15, 0.2) is 5.78 Å². The Morgan fingerprint density at radius 3 is 2.38 bits per heavy atom. The van der Waals surface area contributed by atoms with E-state index in [9.17, 15) is 33.4 Å². The number of rotatable bonds is 8. The van der Waals surface area contributed by atoms with Gasteiger partial charge in [0.25, 0.3) is 0 Å². The van der Waals surface area contributed by atoms with Gasteiger partial charge >= 0.3 is 6.18 Å². The van der Waals surface area contributed by atoms with Crippen molar-refractivity contribution in [3.05, 3.63) is 47.5 Å². The zero-order valence-corrected chi connectivity index (χ0v) is 17.3. The van der Waals surface area contributed by atoms with Gasteiger partial charge in [-0.3, -0.25) is 4.79 Å². The summed E-state index contributed by atoms with van der Waals surface area (Å²) in [7, 11) is 0. The van der Waals surface area contributed by atoms with Crippen molar-refractivity contribution in [2.75, 3.05) is 18.1 Å². The molecular formula is C23H23F3N2O4. The van der Waals surface area contributed by atoms with Crippen LogP contribution >= 0.6 is 0 Å². The smallest absolute Gasteiger partial charge is 0.394 e. The number of carbonyl (C=O) groups excluding carboxylic acids is 1. The number of halogens is 3. The number of nitriles is 1. The van der Waals surface area contributed by atoms with Crippen molar-refractivity contribution < 1.29 is 33.3 Å². The number of ketones is 1. The van der Waals surface area contributed by atoms with Crippen molar-refractivity contribution in [3.8, 4) is 6.07 Å². The molecule has 170 valence electrons. The number of nitrogens with zero attached hydrogens (tertiary/aromatic N) is 2. The first-order valence-corrected chi connectivity index (χ1v) is 10.1. The molecule has 0 bridgehead atoms. The first kappa shape index (κ1) is 23.7. The summed E-state index contributed by atoms with van der Waals surface area (Å²) in [6.45, 7) is 2.22. The molecule has 0 saturated carbocycles. The Labute approximate surface area is 182 Å². The molecule has 0 amide bonds. The Morgan fingerprint density at radius 2 is 1.81 bits per heavy atom. The number of allylic oxidation sites excluding steroid dienone is 2. The summed E-state index contributed by atoms with van der Waals surface area (Å²) < 4.78 is 41.7. The van der Waals surface area contributed by atoms with Crippen molar-refractivity contribution in [3.63, 3.8) is 0 Å². The van der Waals surface area contributed by atoms with Crippen LogP contribution in [0.3, 0.4) is 0 Å². The lowest BCUT2D eigenvalue weighted by Crippen LogP contribution is -2.30. The lowest BCUT2D eigenvalue weighted by molar-refractivity contribution is -0.116. The molecule has 1 saturated heterocycles. The number of aliphatic hydroxyl groups is 3. The highest BCUT2D eigenvalue weighted by molar-refractivity contribution is 6.07. The summed E-state index contributed by atoms with van der Waals surface area (Å²) in [6, 6.07) is 11.2. The fourth-order valence-electron chi connectivity index (χ4n) is 3.59. The van der Waals surface area contributed by atoms with Crippen LogP contribution in [-0.4, -0.2) is 58.7 Å². The lowest BCUT2D eigenvalue weighted by Gasteiger charge is -2.17. The van der Waals surface area contributed by atoms with E-state index in [1.54, 1.807) is 6.07 Å². The third-order valence-electron chi connectivity index (χ3n) is 5.53. The number of Topliss-reactive ketones (excluding diaryl/α,β-unsaturated/α-hetero) is 1. The highest BCUT2D eigenvalue weighted by atomic mass is 19.4. The topological polar surface area (TPSA) is 105 Å². The van der Waals surface area contributed by atoms with Gasteiger partial charge in [-0.1, -0.05) is 18.2 Å². The second-order valence-corrected chi connectivity index (χ2v) is 7.89. The minimum atomic E-state index is -4.97. The van der Waals surface area contributed by atoms with Gasteiger partial charge in [-0.15, -0.1) is 0 Å². The Kier molecular flexibility index (Phi) is 6.88. The number of alkyl halides is 3. The van der Waals surface area contributed by atoms with E-state index in [1.807, 2.05) is 12.1 Å². The quantitative estimate of drug-likeness (QED) is 0.326. The zero-order valence-electron chi connectivity index (χ0n) is 17.3. The summed E-state index contributed by atoms with van der Waals surface area (Å²) in [4.78, 5) is 14.6. The highest BCUT2D eigenvalue weighted by Crippen LogP contribution is 2.39. The summed E-state index contributed by atoms with van der Waals surface area (Å²) in [5, 5.41) is 38.5. The number of hydrogen-bond donors (Lipinski definition) is 3. The van der Waals surface area contributed by atoms with Crippen molar-refractivity contribution in [2.45, 2.75) is 44.2 Å². The van der Waals surface area contributed by atoms with Gasteiger partial charge < -0.3 is 20.2 Å². The maximum absolute atomic E-state index is 13.9. The Bertz CT molecular complexity index is 1090. The average molecular weight is 448 g/mol. The van der Waals surface area contributed by atoms with Gasteiger partial charge in [-0.05, 0) is 47.9 Å². The van der Waals surface area contributed by atoms with E-state index in [0.29, 0.717) is 11.4 Å². The summed E-state index contributed by atoms with van der Waals surface area (Å²) in [5.74, 6) is -1.10. The Balaban J connectivity index is 1.96. The maximum atomic E-state index is 13.9. The number of aliphatic hydroxyl groups excluding tert-OH is 3. The van der Waals surface area contributed by atoms with E-state index in [-0.39, 0.29) is 5.56 Å². The molecule has 0 spiro atoms. The first-order valence-electron chi connectivity index (χ1n) is 10.1. The lowest BCUT2D eigenvalue weighted by atomic mass is 9.93. The zero-order chi connectivity index (χ0) is 23.6. The van der Waals surface area contributed by atoms with E-state index >= 15 is 0 Å². The standard InChI is InChI=1S/C23H23F3N2O4/c1-13-11-28(13)17-5-4-14-8-16(3-2-15(14)9-17)22(23(24,25)26)18(10-27)19(30)6-7-20(31)21(32)12-29/h2-5,8-9,13,20-21,29,31-32H,6-7,11-12H2,1H3/b22-18-. The molecule has 2 aromatic carbocycles. The SMILES string of the molecule is CC1CN1c1ccc2cc(/C(=C(\C#N)C(=O)CCC(O)C(O)CO)C(F)(F)F)ccc2c1. The van der Waals surface area contributed by atoms with Crippen LogP contribution in [0, 0.1) is 11.3 Å². The normalized spacial score (nSPS) is 18.7. The average Bonchev–Trinajstić information content (AvgIpc) is 3.49. The number of carbonyl (C=O) groups is 1. The molecule has 2 aromatic rings. The largest absolute Gasteiger partial charge is 0.418 e.